The van der Waals surface area contributed by atoms with Crippen LogP contribution in [0.2, 0.25) is 5.02 Å². The van der Waals surface area contributed by atoms with Gasteiger partial charge in [0.2, 0.25) is 0 Å². The molecular weight excluding hydrogens is 210 g/mol. The topological polar surface area (TPSA) is 22.0 Å². The lowest BCUT2D eigenvalue weighted by Gasteiger charge is -2.07. The molecule has 0 unspecified atom stereocenters. The van der Waals surface area contributed by atoms with Crippen LogP contribution in [-0.4, -0.2) is 4.57 Å². The van der Waals surface area contributed by atoms with E-state index in [1.54, 1.807) is 12.3 Å². The first kappa shape index (κ1) is 9.99. The number of rotatable bonds is 1. The second kappa shape index (κ2) is 3.91. The monoisotopic (exact) mass is 219 g/mol. The summed E-state index contributed by atoms with van der Waals surface area (Å²) >= 11 is 5.90. The molecule has 1 aromatic carbocycles. The largest absolute Gasteiger partial charge is 0.350 e. The van der Waals surface area contributed by atoms with Gasteiger partial charge in [-0.1, -0.05) is 23.7 Å². The summed E-state index contributed by atoms with van der Waals surface area (Å²) in [5.41, 5.74) is 1.82. The Balaban J connectivity index is 2.63. The molecule has 0 spiro atoms. The molecule has 0 saturated carbocycles. The first-order chi connectivity index (χ1) is 7.16. The first-order valence-corrected chi connectivity index (χ1v) is 4.97. The van der Waals surface area contributed by atoms with E-state index in [2.05, 4.69) is 0 Å². The van der Waals surface area contributed by atoms with Crippen molar-refractivity contribution in [3.63, 3.8) is 0 Å². The van der Waals surface area contributed by atoms with Gasteiger partial charge in [0, 0.05) is 30.4 Å². The molecule has 0 atom stereocenters. The molecule has 0 saturated heterocycles. The lowest BCUT2D eigenvalue weighted by molar-refractivity contribution is 0.910. The van der Waals surface area contributed by atoms with Gasteiger partial charge in [0.1, 0.15) is 0 Å². The van der Waals surface area contributed by atoms with Gasteiger partial charge in [-0.05, 0) is 17.7 Å². The summed E-state index contributed by atoms with van der Waals surface area (Å²) in [6.45, 7) is 0. The minimum atomic E-state index is 0.00285. The van der Waals surface area contributed by atoms with Crippen molar-refractivity contribution >= 4 is 11.6 Å². The van der Waals surface area contributed by atoms with Crippen molar-refractivity contribution in [1.29, 1.82) is 0 Å². The molecule has 1 heterocycles. The van der Waals surface area contributed by atoms with Crippen LogP contribution in [0, 0.1) is 0 Å². The Labute approximate surface area is 92.7 Å². The number of pyridine rings is 1. The summed E-state index contributed by atoms with van der Waals surface area (Å²) < 4.78 is 1.90. The van der Waals surface area contributed by atoms with E-state index in [1.807, 2.05) is 35.9 Å². The van der Waals surface area contributed by atoms with Crippen LogP contribution in [0.5, 0.6) is 0 Å². The molecule has 15 heavy (non-hydrogen) atoms. The fourth-order valence-corrected chi connectivity index (χ4v) is 1.68. The SMILES string of the molecule is Cn1ccc(=O)cc1-c1cccc(Cl)c1. The Hall–Kier alpha value is -1.54. The van der Waals surface area contributed by atoms with E-state index in [0.29, 0.717) is 5.02 Å². The highest BCUT2D eigenvalue weighted by Gasteiger charge is 2.01. The van der Waals surface area contributed by atoms with E-state index in [1.165, 1.54) is 6.07 Å². The van der Waals surface area contributed by atoms with Crippen molar-refractivity contribution in [3.05, 3.63) is 57.8 Å². The zero-order chi connectivity index (χ0) is 10.8. The Kier molecular flexibility index (Phi) is 2.60. The van der Waals surface area contributed by atoms with Gasteiger partial charge in [-0.3, -0.25) is 4.79 Å². The van der Waals surface area contributed by atoms with Crippen LogP contribution in [0.15, 0.2) is 47.4 Å². The number of aromatic nitrogens is 1. The molecule has 2 nitrogen and oxygen atoms in total. The van der Waals surface area contributed by atoms with Gasteiger partial charge in [0.05, 0.1) is 5.69 Å². The van der Waals surface area contributed by atoms with Crippen LogP contribution in [-0.2, 0) is 7.05 Å². The number of hydrogen-bond acceptors (Lipinski definition) is 1. The van der Waals surface area contributed by atoms with E-state index in [0.717, 1.165) is 11.3 Å². The van der Waals surface area contributed by atoms with E-state index in [4.69, 9.17) is 11.6 Å². The molecule has 1 aromatic heterocycles. The molecule has 0 fully saturated rings. The third-order valence-corrected chi connectivity index (χ3v) is 2.48. The summed E-state index contributed by atoms with van der Waals surface area (Å²) in [5, 5.41) is 0.670. The number of hydrogen-bond donors (Lipinski definition) is 0. The van der Waals surface area contributed by atoms with E-state index >= 15 is 0 Å². The number of aryl methyl sites for hydroxylation is 1. The lowest BCUT2D eigenvalue weighted by Crippen LogP contribution is -2.04. The molecule has 0 aliphatic heterocycles. The van der Waals surface area contributed by atoms with Crippen LogP contribution >= 0.6 is 11.6 Å². The summed E-state index contributed by atoms with van der Waals surface area (Å²) in [5.74, 6) is 0. The molecule has 0 aliphatic carbocycles. The van der Waals surface area contributed by atoms with Gasteiger partial charge in [-0.25, -0.2) is 0 Å². The van der Waals surface area contributed by atoms with E-state index in [9.17, 15) is 4.79 Å². The van der Waals surface area contributed by atoms with Crippen LogP contribution in [0.4, 0.5) is 0 Å². The Morgan fingerprint density at radius 1 is 1.20 bits per heavy atom. The fraction of sp³-hybridized carbons (Fsp3) is 0.0833. The predicted octanol–water partition coefficient (Wildman–Crippen LogP) is 2.71. The standard InChI is InChI=1S/C12H10ClNO/c1-14-6-5-11(15)8-12(14)9-3-2-4-10(13)7-9/h2-8H,1H3. The fourth-order valence-electron chi connectivity index (χ4n) is 1.49. The van der Waals surface area contributed by atoms with E-state index < -0.39 is 0 Å². The van der Waals surface area contributed by atoms with Crippen LogP contribution in [0.1, 0.15) is 0 Å². The van der Waals surface area contributed by atoms with Gasteiger partial charge in [0.15, 0.2) is 5.43 Å². The van der Waals surface area contributed by atoms with Gasteiger partial charge < -0.3 is 4.57 Å². The van der Waals surface area contributed by atoms with Gasteiger partial charge in [-0.15, -0.1) is 0 Å². The van der Waals surface area contributed by atoms with Gasteiger partial charge >= 0.3 is 0 Å². The Morgan fingerprint density at radius 3 is 2.73 bits per heavy atom. The van der Waals surface area contributed by atoms with Gasteiger partial charge in [0.25, 0.3) is 0 Å². The summed E-state index contributed by atoms with van der Waals surface area (Å²) in [4.78, 5) is 11.3. The van der Waals surface area contributed by atoms with E-state index in [-0.39, 0.29) is 5.43 Å². The zero-order valence-electron chi connectivity index (χ0n) is 8.27. The number of benzene rings is 1. The molecule has 2 rings (SSSR count). The second-order valence-corrected chi connectivity index (χ2v) is 3.81. The highest BCUT2D eigenvalue weighted by atomic mass is 35.5. The molecule has 0 bridgehead atoms. The van der Waals surface area contributed by atoms with Crippen molar-refractivity contribution in [3.8, 4) is 11.3 Å². The molecule has 2 aromatic rings. The molecule has 0 amide bonds. The second-order valence-electron chi connectivity index (χ2n) is 3.37. The molecule has 76 valence electrons. The van der Waals surface area contributed by atoms with Crippen molar-refractivity contribution in [2.75, 3.05) is 0 Å². The number of halogens is 1. The molecule has 0 N–H and O–H groups in total. The highest BCUT2D eigenvalue weighted by Crippen LogP contribution is 2.20. The molecule has 0 aliphatic rings. The van der Waals surface area contributed by atoms with Crippen molar-refractivity contribution in [2.24, 2.45) is 7.05 Å². The predicted molar refractivity (Wildman–Crippen MR) is 62.1 cm³/mol. The third-order valence-electron chi connectivity index (χ3n) is 2.24. The van der Waals surface area contributed by atoms with Gasteiger partial charge in [-0.2, -0.15) is 0 Å². The average Bonchev–Trinajstić information content (AvgIpc) is 2.22. The molecule has 0 radical (unpaired) electrons. The maximum Gasteiger partial charge on any atom is 0.182 e. The van der Waals surface area contributed by atoms with Crippen molar-refractivity contribution in [2.45, 2.75) is 0 Å². The third kappa shape index (κ3) is 2.10. The zero-order valence-corrected chi connectivity index (χ0v) is 9.03. The van der Waals surface area contributed by atoms with Crippen molar-refractivity contribution < 1.29 is 0 Å². The maximum atomic E-state index is 11.3. The summed E-state index contributed by atoms with van der Waals surface area (Å²) in [6, 6.07) is 10.6. The first-order valence-electron chi connectivity index (χ1n) is 4.59. The van der Waals surface area contributed by atoms with Crippen molar-refractivity contribution in [1.82, 2.24) is 4.57 Å². The maximum absolute atomic E-state index is 11.3. The smallest absolute Gasteiger partial charge is 0.182 e. The average molecular weight is 220 g/mol. The molecular formula is C12H10ClNO. The van der Waals surface area contributed by atoms with Crippen LogP contribution in [0.3, 0.4) is 0 Å². The Morgan fingerprint density at radius 2 is 2.00 bits per heavy atom. The van der Waals surface area contributed by atoms with Crippen LogP contribution < -0.4 is 5.43 Å². The summed E-state index contributed by atoms with van der Waals surface area (Å²) in [6.07, 6.45) is 1.75. The lowest BCUT2D eigenvalue weighted by atomic mass is 10.1. The minimum absolute atomic E-state index is 0.00285. The van der Waals surface area contributed by atoms with Crippen LogP contribution in [0.25, 0.3) is 11.3 Å². The quantitative estimate of drug-likeness (QED) is 0.723. The number of nitrogens with zero attached hydrogens (tertiary/aromatic N) is 1. The normalized spacial score (nSPS) is 10.3. The summed E-state index contributed by atoms with van der Waals surface area (Å²) in [7, 11) is 1.90. The Bertz CT molecular complexity index is 545. The molecule has 3 heteroatoms. The minimum Gasteiger partial charge on any atom is -0.350 e. The highest BCUT2D eigenvalue weighted by molar-refractivity contribution is 6.30.